The van der Waals surface area contributed by atoms with E-state index in [0.29, 0.717) is 17.5 Å². The lowest BCUT2D eigenvalue weighted by atomic mass is 10.0. The van der Waals surface area contributed by atoms with E-state index in [2.05, 4.69) is 60.5 Å². The fourth-order valence-electron chi connectivity index (χ4n) is 3.71. The zero-order valence-electron chi connectivity index (χ0n) is 14.9. The number of hydrogen-bond donors (Lipinski definition) is 3. The zero-order chi connectivity index (χ0) is 17.8. The maximum absolute atomic E-state index is 5.84. The number of rotatable bonds is 5. The molecule has 4 rings (SSSR count). The lowest BCUT2D eigenvalue weighted by Gasteiger charge is -2.31. The summed E-state index contributed by atoms with van der Waals surface area (Å²) in [6.45, 7) is 3.02. The monoisotopic (exact) mass is 351 g/mol. The first-order chi connectivity index (χ1) is 12.8. The summed E-state index contributed by atoms with van der Waals surface area (Å²) in [5.41, 5.74) is 8.54. The van der Waals surface area contributed by atoms with Gasteiger partial charge in [-0.15, -0.1) is 0 Å². The van der Waals surface area contributed by atoms with Crippen LogP contribution in [-0.2, 0) is 0 Å². The number of fused-ring (bicyclic) bond motifs is 1. The highest BCUT2D eigenvalue weighted by atomic mass is 15.2. The first-order valence-electron chi connectivity index (χ1n) is 9.31. The second kappa shape index (κ2) is 7.70. The highest BCUT2D eigenvalue weighted by Crippen LogP contribution is 2.26. The topological polar surface area (TPSA) is 95.8 Å². The van der Waals surface area contributed by atoms with Gasteiger partial charge in [-0.05, 0) is 31.5 Å². The molecule has 4 N–H and O–H groups in total. The lowest BCUT2D eigenvalue weighted by Crippen LogP contribution is -2.34. The van der Waals surface area contributed by atoms with Gasteiger partial charge in [0.2, 0.25) is 5.95 Å². The minimum atomic E-state index is 0.234. The molecule has 1 atom stereocenters. The van der Waals surface area contributed by atoms with Crippen molar-refractivity contribution in [1.82, 2.24) is 24.8 Å². The number of benzene rings is 1. The van der Waals surface area contributed by atoms with Gasteiger partial charge in [-0.1, -0.05) is 43.2 Å². The van der Waals surface area contributed by atoms with Crippen LogP contribution in [0.2, 0.25) is 0 Å². The van der Waals surface area contributed by atoms with Crippen LogP contribution in [-0.4, -0.2) is 44.5 Å². The number of H-pyrrole nitrogens is 1. The predicted molar refractivity (Wildman–Crippen MR) is 104 cm³/mol. The number of likely N-dealkylation sites (tertiary alicyclic amines) is 1. The zero-order valence-corrected chi connectivity index (χ0v) is 14.9. The van der Waals surface area contributed by atoms with Crippen molar-refractivity contribution in [3.8, 4) is 0 Å². The van der Waals surface area contributed by atoms with E-state index in [-0.39, 0.29) is 5.95 Å². The summed E-state index contributed by atoms with van der Waals surface area (Å²) in [7, 11) is 0. The van der Waals surface area contributed by atoms with Gasteiger partial charge in [-0.25, -0.2) is 4.98 Å². The number of aromatic nitrogens is 4. The van der Waals surface area contributed by atoms with E-state index in [4.69, 9.17) is 5.73 Å². The van der Waals surface area contributed by atoms with Crippen molar-refractivity contribution in [2.24, 2.45) is 0 Å². The molecule has 1 aliphatic heterocycles. The summed E-state index contributed by atoms with van der Waals surface area (Å²) in [6, 6.07) is 11.0. The molecule has 1 saturated heterocycles. The number of hydrogen-bond acceptors (Lipinski definition) is 6. The van der Waals surface area contributed by atoms with Crippen LogP contribution in [0.25, 0.3) is 11.2 Å². The van der Waals surface area contributed by atoms with Crippen LogP contribution >= 0.6 is 0 Å². The molecule has 1 aromatic carbocycles. The van der Waals surface area contributed by atoms with Gasteiger partial charge in [0.15, 0.2) is 11.5 Å². The van der Waals surface area contributed by atoms with Gasteiger partial charge in [-0.3, -0.25) is 4.90 Å². The summed E-state index contributed by atoms with van der Waals surface area (Å²) < 4.78 is 0. The van der Waals surface area contributed by atoms with Crippen molar-refractivity contribution < 1.29 is 0 Å². The molecule has 3 aromatic rings. The van der Waals surface area contributed by atoms with E-state index in [1.165, 1.54) is 31.2 Å². The second-order valence-electron chi connectivity index (χ2n) is 6.79. The molecule has 0 radical (unpaired) electrons. The molecule has 1 aliphatic rings. The molecule has 0 unspecified atom stereocenters. The fraction of sp³-hybridized carbons (Fsp3) is 0.421. The van der Waals surface area contributed by atoms with Crippen LogP contribution in [0, 0.1) is 0 Å². The Hall–Kier alpha value is -2.67. The molecule has 2 aromatic heterocycles. The molecule has 0 bridgehead atoms. The average molecular weight is 351 g/mol. The number of aromatic amines is 1. The van der Waals surface area contributed by atoms with Gasteiger partial charge >= 0.3 is 0 Å². The minimum Gasteiger partial charge on any atom is -0.368 e. The summed E-state index contributed by atoms with van der Waals surface area (Å²) in [4.78, 5) is 18.4. The first kappa shape index (κ1) is 16.8. The van der Waals surface area contributed by atoms with Crippen molar-refractivity contribution in [3.05, 3.63) is 42.2 Å². The Morgan fingerprint density at radius 3 is 2.62 bits per heavy atom. The molecular formula is C19H25N7. The molecule has 0 amide bonds. The van der Waals surface area contributed by atoms with Crippen LogP contribution in [0.3, 0.4) is 0 Å². The summed E-state index contributed by atoms with van der Waals surface area (Å²) in [6.07, 6.45) is 6.78. The van der Waals surface area contributed by atoms with Gasteiger partial charge in [0.1, 0.15) is 5.52 Å². The van der Waals surface area contributed by atoms with Crippen LogP contribution in [0.4, 0.5) is 11.8 Å². The van der Waals surface area contributed by atoms with Crippen molar-refractivity contribution >= 4 is 22.9 Å². The Morgan fingerprint density at radius 1 is 1.08 bits per heavy atom. The van der Waals surface area contributed by atoms with E-state index in [9.17, 15) is 0 Å². The maximum Gasteiger partial charge on any atom is 0.224 e. The smallest absolute Gasteiger partial charge is 0.224 e. The van der Waals surface area contributed by atoms with Crippen LogP contribution < -0.4 is 11.1 Å². The van der Waals surface area contributed by atoms with Gasteiger partial charge in [-0.2, -0.15) is 9.97 Å². The predicted octanol–water partition coefficient (Wildman–Crippen LogP) is 2.96. The molecule has 0 aliphatic carbocycles. The highest BCUT2D eigenvalue weighted by Gasteiger charge is 2.22. The number of nitrogen functional groups attached to an aromatic ring is 1. The Morgan fingerprint density at radius 2 is 1.85 bits per heavy atom. The van der Waals surface area contributed by atoms with E-state index < -0.39 is 0 Å². The third-order valence-corrected chi connectivity index (χ3v) is 5.03. The Bertz CT molecular complexity index is 837. The molecule has 1 fully saturated rings. The summed E-state index contributed by atoms with van der Waals surface area (Å²) in [5.74, 6) is 0.943. The second-order valence-corrected chi connectivity index (χ2v) is 6.79. The Balaban J connectivity index is 1.59. The van der Waals surface area contributed by atoms with Crippen molar-refractivity contribution in [1.29, 1.82) is 0 Å². The molecule has 0 spiro atoms. The number of anilines is 2. The average Bonchev–Trinajstić information content (AvgIpc) is 2.96. The quantitative estimate of drug-likeness (QED) is 0.654. The molecular weight excluding hydrogens is 326 g/mol. The van der Waals surface area contributed by atoms with E-state index >= 15 is 0 Å². The van der Waals surface area contributed by atoms with Crippen molar-refractivity contribution in [3.63, 3.8) is 0 Å². The molecule has 26 heavy (non-hydrogen) atoms. The molecule has 136 valence electrons. The van der Waals surface area contributed by atoms with Crippen LogP contribution in [0.5, 0.6) is 0 Å². The Labute approximate surface area is 153 Å². The third kappa shape index (κ3) is 3.62. The van der Waals surface area contributed by atoms with Crippen LogP contribution in [0.15, 0.2) is 36.7 Å². The number of imidazole rings is 1. The Kier molecular flexibility index (Phi) is 4.97. The standard InChI is InChI=1S/C19H25N7/c20-19-24-17(16-18(25-19)23-13-22-16)21-12-15(14-8-4-3-5-9-14)26-10-6-1-2-7-11-26/h3-5,8-9,13,15H,1-2,6-7,10-12H2,(H4,20,21,22,23,24,25)/t15-/m0/s1. The fourth-order valence-corrected chi connectivity index (χ4v) is 3.71. The van der Waals surface area contributed by atoms with Gasteiger partial charge in [0, 0.05) is 6.54 Å². The SMILES string of the molecule is Nc1nc(NC[C@@H](c2ccccc2)N2CCCCCC2)c2[nH]cnc2n1. The van der Waals surface area contributed by atoms with E-state index in [0.717, 1.165) is 25.2 Å². The number of nitrogens with one attached hydrogen (secondary N) is 2. The highest BCUT2D eigenvalue weighted by molar-refractivity contribution is 5.83. The van der Waals surface area contributed by atoms with E-state index in [1.807, 2.05) is 0 Å². The first-order valence-corrected chi connectivity index (χ1v) is 9.31. The largest absolute Gasteiger partial charge is 0.368 e. The van der Waals surface area contributed by atoms with Crippen molar-refractivity contribution in [2.75, 3.05) is 30.7 Å². The normalized spacial score (nSPS) is 17.1. The molecule has 0 saturated carbocycles. The van der Waals surface area contributed by atoms with Gasteiger partial charge in [0.05, 0.1) is 12.4 Å². The molecule has 7 nitrogen and oxygen atoms in total. The van der Waals surface area contributed by atoms with Crippen LogP contribution in [0.1, 0.15) is 37.3 Å². The lowest BCUT2D eigenvalue weighted by molar-refractivity contribution is 0.213. The summed E-state index contributed by atoms with van der Waals surface area (Å²) >= 11 is 0. The maximum atomic E-state index is 5.84. The third-order valence-electron chi connectivity index (χ3n) is 5.03. The molecule has 7 heteroatoms. The molecule has 3 heterocycles. The summed E-state index contributed by atoms with van der Waals surface area (Å²) in [5, 5.41) is 3.49. The van der Waals surface area contributed by atoms with Gasteiger partial charge < -0.3 is 16.0 Å². The minimum absolute atomic E-state index is 0.234. The van der Waals surface area contributed by atoms with Gasteiger partial charge in [0.25, 0.3) is 0 Å². The number of nitrogens with zero attached hydrogens (tertiary/aromatic N) is 4. The van der Waals surface area contributed by atoms with Crippen molar-refractivity contribution in [2.45, 2.75) is 31.7 Å². The number of nitrogens with two attached hydrogens (primary N) is 1. The van der Waals surface area contributed by atoms with E-state index in [1.54, 1.807) is 6.33 Å².